The first-order valence-corrected chi connectivity index (χ1v) is 15.5. The number of carbonyl (C=O) groups excluding carboxylic acids is 2. The van der Waals surface area contributed by atoms with Crippen LogP contribution in [0.2, 0.25) is 0 Å². The van der Waals surface area contributed by atoms with Gasteiger partial charge in [0.2, 0.25) is 0 Å². The minimum absolute atomic E-state index is 0.00527. The van der Waals surface area contributed by atoms with Crippen molar-refractivity contribution in [3.63, 3.8) is 0 Å². The number of aryl methyl sites for hydroxylation is 1. The second-order valence-corrected chi connectivity index (χ2v) is 10.8. The van der Waals surface area contributed by atoms with Gasteiger partial charge in [-0.1, -0.05) is 66.8 Å². The van der Waals surface area contributed by atoms with E-state index in [0.29, 0.717) is 17.7 Å². The molecule has 0 saturated carbocycles. The molecule has 0 bridgehead atoms. The fourth-order valence-electron chi connectivity index (χ4n) is 4.17. The van der Waals surface area contributed by atoms with Crippen molar-refractivity contribution in [1.29, 1.82) is 10.5 Å². The first kappa shape index (κ1) is 38.8. The van der Waals surface area contributed by atoms with Gasteiger partial charge in [-0.3, -0.25) is 29.8 Å². The number of benzene rings is 4. The van der Waals surface area contributed by atoms with Crippen molar-refractivity contribution in [2.75, 3.05) is 0 Å². The lowest BCUT2D eigenvalue weighted by molar-refractivity contribution is -0.385. The van der Waals surface area contributed by atoms with Gasteiger partial charge in [-0.2, -0.15) is 10.5 Å². The second-order valence-electron chi connectivity index (χ2n) is 10.8. The Morgan fingerprint density at radius 3 is 1.54 bits per heavy atom. The molecule has 0 saturated heterocycles. The highest BCUT2D eigenvalue weighted by Crippen LogP contribution is 2.18. The van der Waals surface area contributed by atoms with Crippen LogP contribution in [0.15, 0.2) is 133 Å². The summed E-state index contributed by atoms with van der Waals surface area (Å²) in [6.45, 7) is 2.29. The maximum absolute atomic E-state index is 12.1. The molecule has 0 spiro atoms. The number of hydrogen-bond acceptors (Lipinski definition) is 9. The van der Waals surface area contributed by atoms with Crippen LogP contribution in [-0.2, 0) is 22.7 Å². The Morgan fingerprint density at radius 2 is 1.13 bits per heavy atom. The molecule has 2 amide bonds. The number of nitriles is 2. The van der Waals surface area contributed by atoms with Crippen LogP contribution in [0, 0.1) is 49.8 Å². The number of nitro benzene ring substituents is 2. The number of rotatable bonds is 12. The largest absolute Gasteiger partial charge is 0.508 e. The minimum Gasteiger partial charge on any atom is -0.508 e. The molecular formula is C39H32N6O7. The number of amides is 2. The normalized spacial score (nSPS) is 11.1. The van der Waals surface area contributed by atoms with E-state index in [9.17, 15) is 34.9 Å². The highest BCUT2D eigenvalue weighted by atomic mass is 16.6. The van der Waals surface area contributed by atoms with Gasteiger partial charge in [0.1, 0.15) is 29.0 Å². The molecule has 0 heterocycles. The molecule has 0 atom stereocenters. The Kier molecular flexibility index (Phi) is 14.9. The standard InChI is InChI=1S/C20H17N3O4.C19H15N3O3/c1-14-5-6-16(11-19(14)24)13-22-20(25)17(12-21)4-2-3-15-7-9-18(10-8-15)23(26)27;20-13-17(19(23)21-14-16-5-2-1-3-6-16)8-4-7-15-9-11-18(12-10-15)22(24)25/h2-11,24H,13H2,1H3,(H,22,25);1-12H,14H2,(H,21,23)/b3-2+,17-4+;7-4+,17-8+. The van der Waals surface area contributed by atoms with E-state index in [0.717, 1.165) is 16.7 Å². The van der Waals surface area contributed by atoms with E-state index in [2.05, 4.69) is 10.6 Å². The summed E-state index contributed by atoms with van der Waals surface area (Å²) in [6.07, 6.45) is 9.14. The van der Waals surface area contributed by atoms with Gasteiger partial charge in [0, 0.05) is 37.4 Å². The van der Waals surface area contributed by atoms with Crippen molar-refractivity contribution < 1.29 is 24.5 Å². The Bertz CT molecular complexity index is 2110. The SMILES string of the molecule is Cc1ccc(CNC(=O)/C(C#N)=C/C=C/c2ccc([N+](=O)[O-])cc2)cc1O.N#C/C(=C\C=C\c1ccc([N+](=O)[O-])cc1)C(=O)NCc1ccccc1. The molecule has 0 radical (unpaired) electrons. The molecule has 52 heavy (non-hydrogen) atoms. The van der Waals surface area contributed by atoms with E-state index >= 15 is 0 Å². The molecule has 4 aromatic carbocycles. The Hall–Kier alpha value is -7.64. The lowest BCUT2D eigenvalue weighted by atomic mass is 10.1. The van der Waals surface area contributed by atoms with Gasteiger partial charge in [-0.25, -0.2) is 0 Å². The zero-order valence-corrected chi connectivity index (χ0v) is 27.8. The van der Waals surface area contributed by atoms with E-state index in [1.807, 2.05) is 42.5 Å². The summed E-state index contributed by atoms with van der Waals surface area (Å²) < 4.78 is 0. The Labute approximate surface area is 299 Å². The molecule has 4 rings (SSSR count). The number of allylic oxidation sites excluding steroid dienone is 4. The van der Waals surface area contributed by atoms with Crippen molar-refractivity contribution >= 4 is 35.3 Å². The third-order valence-corrected chi connectivity index (χ3v) is 7.06. The number of nitrogens with zero attached hydrogens (tertiary/aromatic N) is 4. The van der Waals surface area contributed by atoms with Crippen LogP contribution in [0.1, 0.15) is 27.8 Å². The van der Waals surface area contributed by atoms with Gasteiger partial charge in [-0.15, -0.1) is 0 Å². The van der Waals surface area contributed by atoms with Crippen molar-refractivity contribution in [3.05, 3.63) is 181 Å². The number of phenols is 1. The Morgan fingerprint density at radius 1 is 0.692 bits per heavy atom. The summed E-state index contributed by atoms with van der Waals surface area (Å²) in [5.74, 6) is -0.852. The molecule has 260 valence electrons. The quantitative estimate of drug-likeness (QED) is 0.0468. The van der Waals surface area contributed by atoms with Gasteiger partial charge in [0.15, 0.2) is 0 Å². The van der Waals surface area contributed by atoms with Crippen LogP contribution in [-0.4, -0.2) is 26.8 Å². The molecule has 3 N–H and O–H groups in total. The molecular weight excluding hydrogens is 664 g/mol. The average molecular weight is 697 g/mol. The Balaban J connectivity index is 0.000000281. The van der Waals surface area contributed by atoms with Crippen molar-refractivity contribution in [2.45, 2.75) is 20.0 Å². The molecule has 0 aliphatic carbocycles. The summed E-state index contributed by atoms with van der Waals surface area (Å²) in [5, 5.41) is 54.4. The predicted octanol–water partition coefficient (Wildman–Crippen LogP) is 6.76. The number of carbonyl (C=O) groups is 2. The summed E-state index contributed by atoms with van der Waals surface area (Å²) in [5.41, 5.74) is 3.71. The number of non-ortho nitro benzene ring substituents is 2. The van der Waals surface area contributed by atoms with E-state index in [1.165, 1.54) is 42.5 Å². The van der Waals surface area contributed by atoms with Crippen LogP contribution in [0.25, 0.3) is 12.2 Å². The van der Waals surface area contributed by atoms with E-state index < -0.39 is 21.7 Å². The van der Waals surface area contributed by atoms with Gasteiger partial charge in [0.25, 0.3) is 23.2 Å². The van der Waals surface area contributed by atoms with Crippen LogP contribution >= 0.6 is 0 Å². The van der Waals surface area contributed by atoms with Crippen LogP contribution in [0.5, 0.6) is 5.75 Å². The topological polar surface area (TPSA) is 212 Å². The fraction of sp³-hybridized carbons (Fsp3) is 0.0769. The molecule has 0 aromatic heterocycles. The monoisotopic (exact) mass is 696 g/mol. The average Bonchev–Trinajstić information content (AvgIpc) is 3.15. The molecule has 4 aromatic rings. The molecule has 0 unspecified atom stereocenters. The fourth-order valence-corrected chi connectivity index (χ4v) is 4.17. The van der Waals surface area contributed by atoms with Gasteiger partial charge in [0.05, 0.1) is 9.85 Å². The zero-order valence-electron chi connectivity index (χ0n) is 27.8. The maximum Gasteiger partial charge on any atom is 0.269 e. The lowest BCUT2D eigenvalue weighted by Gasteiger charge is -2.06. The highest BCUT2D eigenvalue weighted by molar-refractivity contribution is 5.98. The number of nitro groups is 2. The number of phenolic OH excluding ortho intramolecular Hbond substituents is 1. The summed E-state index contributed by atoms with van der Waals surface area (Å²) in [6, 6.07) is 30.0. The first-order chi connectivity index (χ1) is 25.0. The maximum atomic E-state index is 12.1. The summed E-state index contributed by atoms with van der Waals surface area (Å²) in [4.78, 5) is 44.3. The molecule has 13 nitrogen and oxygen atoms in total. The van der Waals surface area contributed by atoms with E-state index in [-0.39, 0.29) is 34.8 Å². The first-order valence-electron chi connectivity index (χ1n) is 15.5. The van der Waals surface area contributed by atoms with Gasteiger partial charge >= 0.3 is 0 Å². The van der Waals surface area contributed by atoms with Gasteiger partial charge in [-0.05, 0) is 77.2 Å². The van der Waals surface area contributed by atoms with E-state index in [1.54, 1.807) is 67.6 Å². The number of nitrogens with one attached hydrogen (secondary N) is 2. The highest BCUT2D eigenvalue weighted by Gasteiger charge is 2.09. The van der Waals surface area contributed by atoms with E-state index in [4.69, 9.17) is 10.5 Å². The molecule has 0 aliphatic heterocycles. The smallest absolute Gasteiger partial charge is 0.269 e. The summed E-state index contributed by atoms with van der Waals surface area (Å²) in [7, 11) is 0. The minimum atomic E-state index is -0.536. The number of hydrogen-bond donors (Lipinski definition) is 3. The zero-order chi connectivity index (χ0) is 37.9. The van der Waals surface area contributed by atoms with Crippen LogP contribution in [0.4, 0.5) is 11.4 Å². The molecule has 0 aliphatic rings. The van der Waals surface area contributed by atoms with Crippen LogP contribution in [0.3, 0.4) is 0 Å². The van der Waals surface area contributed by atoms with Crippen LogP contribution < -0.4 is 10.6 Å². The third-order valence-electron chi connectivity index (χ3n) is 7.06. The lowest BCUT2D eigenvalue weighted by Crippen LogP contribution is -2.23. The third kappa shape index (κ3) is 12.8. The molecule has 13 heteroatoms. The molecule has 0 fully saturated rings. The second kappa shape index (κ2) is 20.0. The van der Waals surface area contributed by atoms with Crippen molar-refractivity contribution in [1.82, 2.24) is 10.6 Å². The van der Waals surface area contributed by atoms with Crippen molar-refractivity contribution in [2.24, 2.45) is 0 Å². The predicted molar refractivity (Wildman–Crippen MR) is 195 cm³/mol. The van der Waals surface area contributed by atoms with Gasteiger partial charge < -0.3 is 15.7 Å². The summed E-state index contributed by atoms with van der Waals surface area (Å²) >= 11 is 0. The van der Waals surface area contributed by atoms with Crippen molar-refractivity contribution in [3.8, 4) is 17.9 Å². The number of aromatic hydroxyl groups is 1.